The van der Waals surface area contributed by atoms with E-state index in [9.17, 15) is 0 Å². The highest BCUT2D eigenvalue weighted by Crippen LogP contribution is 2.63. The average Bonchev–Trinajstić information content (AvgIpc) is 2.28. The van der Waals surface area contributed by atoms with Crippen molar-refractivity contribution in [1.29, 1.82) is 0 Å². The van der Waals surface area contributed by atoms with Crippen molar-refractivity contribution in [2.75, 3.05) is 6.61 Å². The molecule has 2 bridgehead atoms. The van der Waals surface area contributed by atoms with Gasteiger partial charge in [-0.1, -0.05) is 31.9 Å². The predicted molar refractivity (Wildman–Crippen MR) is 68.2 cm³/mol. The molecule has 1 unspecified atom stereocenters. The van der Waals surface area contributed by atoms with Crippen LogP contribution in [0, 0.1) is 23.2 Å². The van der Waals surface area contributed by atoms with Crippen molar-refractivity contribution in [2.24, 2.45) is 23.2 Å². The first-order chi connectivity index (χ1) is 7.58. The fraction of sp³-hybridized carbons (Fsp3) is 0.867. The fourth-order valence-corrected chi connectivity index (χ4v) is 4.07. The van der Waals surface area contributed by atoms with E-state index in [1.54, 1.807) is 0 Å². The Bertz CT molecular complexity index is 279. The van der Waals surface area contributed by atoms with Crippen LogP contribution < -0.4 is 0 Å². The summed E-state index contributed by atoms with van der Waals surface area (Å²) in [6.07, 6.45) is 9.10. The molecule has 0 saturated heterocycles. The number of fused-ring (bicyclic) bond motifs is 2. The van der Waals surface area contributed by atoms with Gasteiger partial charge in [0.1, 0.15) is 0 Å². The van der Waals surface area contributed by atoms with Crippen LogP contribution >= 0.6 is 0 Å². The molecule has 0 aromatic heterocycles. The molecule has 1 N–H and O–H groups in total. The Balaban J connectivity index is 1.90. The van der Waals surface area contributed by atoms with Gasteiger partial charge in [-0.05, 0) is 55.8 Å². The van der Waals surface area contributed by atoms with Gasteiger partial charge in [0, 0.05) is 0 Å². The average molecular weight is 222 g/mol. The molecule has 3 saturated carbocycles. The quantitative estimate of drug-likeness (QED) is 0.718. The molecule has 0 heterocycles. The second kappa shape index (κ2) is 4.52. The highest BCUT2D eigenvalue weighted by Gasteiger charge is 2.54. The summed E-state index contributed by atoms with van der Waals surface area (Å²) < 4.78 is 0. The molecule has 3 fully saturated rings. The molecule has 0 aromatic carbocycles. The van der Waals surface area contributed by atoms with Crippen LogP contribution in [0.15, 0.2) is 11.6 Å². The van der Waals surface area contributed by atoms with Crippen molar-refractivity contribution in [3.8, 4) is 0 Å². The molecule has 1 heteroatoms. The second-order valence-corrected chi connectivity index (χ2v) is 6.35. The Morgan fingerprint density at radius 1 is 1.44 bits per heavy atom. The van der Waals surface area contributed by atoms with Gasteiger partial charge >= 0.3 is 0 Å². The number of aliphatic hydroxyl groups is 1. The summed E-state index contributed by atoms with van der Waals surface area (Å²) in [6, 6.07) is 0. The molecule has 3 aliphatic carbocycles. The van der Waals surface area contributed by atoms with Gasteiger partial charge in [-0.3, -0.25) is 0 Å². The Kier molecular flexibility index (Phi) is 3.44. The summed E-state index contributed by atoms with van der Waals surface area (Å²) in [6.45, 7) is 7.18. The Morgan fingerprint density at radius 2 is 2.19 bits per heavy atom. The molecular formula is C15H26O. The van der Waals surface area contributed by atoms with E-state index in [2.05, 4.69) is 19.9 Å². The monoisotopic (exact) mass is 222 g/mol. The van der Waals surface area contributed by atoms with Gasteiger partial charge < -0.3 is 5.11 Å². The molecule has 0 aliphatic heterocycles. The van der Waals surface area contributed by atoms with Crippen molar-refractivity contribution in [1.82, 2.24) is 0 Å². The van der Waals surface area contributed by atoms with Crippen LogP contribution in [0.3, 0.4) is 0 Å². The Hall–Kier alpha value is -0.300. The molecule has 16 heavy (non-hydrogen) atoms. The molecule has 4 atom stereocenters. The Morgan fingerprint density at radius 3 is 2.75 bits per heavy atom. The topological polar surface area (TPSA) is 20.2 Å². The number of hydrogen-bond acceptors (Lipinski definition) is 1. The summed E-state index contributed by atoms with van der Waals surface area (Å²) in [4.78, 5) is 0. The van der Waals surface area contributed by atoms with Crippen LogP contribution in [0.4, 0.5) is 0 Å². The lowest BCUT2D eigenvalue weighted by molar-refractivity contribution is -0.117. The zero-order chi connectivity index (χ0) is 11.8. The number of aliphatic hydroxyl groups excluding tert-OH is 1. The molecule has 3 aliphatic rings. The molecule has 0 amide bonds. The highest BCUT2D eigenvalue weighted by molar-refractivity contribution is 5.06. The van der Waals surface area contributed by atoms with E-state index in [1.807, 2.05) is 6.92 Å². The van der Waals surface area contributed by atoms with Gasteiger partial charge in [0.2, 0.25) is 0 Å². The van der Waals surface area contributed by atoms with E-state index in [0.717, 1.165) is 29.7 Å². The molecule has 1 nitrogen and oxygen atoms in total. The van der Waals surface area contributed by atoms with Crippen LogP contribution in [0.5, 0.6) is 0 Å². The van der Waals surface area contributed by atoms with Gasteiger partial charge in [-0.15, -0.1) is 0 Å². The van der Waals surface area contributed by atoms with Crippen LogP contribution in [0.25, 0.3) is 0 Å². The third-order valence-corrected chi connectivity index (χ3v) is 5.40. The first-order valence-electron chi connectivity index (χ1n) is 6.84. The molecule has 0 aromatic rings. The van der Waals surface area contributed by atoms with E-state index < -0.39 is 0 Å². The summed E-state index contributed by atoms with van der Waals surface area (Å²) in [5, 5.41) is 8.97. The van der Waals surface area contributed by atoms with Crippen molar-refractivity contribution in [3.63, 3.8) is 0 Å². The van der Waals surface area contributed by atoms with Crippen LogP contribution in [-0.2, 0) is 0 Å². The normalized spacial score (nSPS) is 43.0. The van der Waals surface area contributed by atoms with E-state index in [4.69, 9.17) is 5.11 Å². The first kappa shape index (κ1) is 12.2. The highest BCUT2D eigenvalue weighted by atomic mass is 16.3. The van der Waals surface area contributed by atoms with Gasteiger partial charge in [-0.25, -0.2) is 0 Å². The number of allylic oxidation sites excluding steroid dienone is 1. The van der Waals surface area contributed by atoms with E-state index in [-0.39, 0.29) is 6.61 Å². The van der Waals surface area contributed by atoms with Crippen molar-refractivity contribution in [3.05, 3.63) is 11.6 Å². The SMILES string of the molecule is C/C(=C\CC[C@]1(C)[C@H]2CCC(C)[C@@H]1C2)CO. The number of hydrogen-bond donors (Lipinski definition) is 1. The lowest BCUT2D eigenvalue weighted by Crippen LogP contribution is -2.53. The Labute approximate surface area is 99.9 Å². The third-order valence-electron chi connectivity index (χ3n) is 5.40. The minimum absolute atomic E-state index is 0.222. The van der Waals surface area contributed by atoms with Crippen molar-refractivity contribution >= 4 is 0 Å². The van der Waals surface area contributed by atoms with Crippen LogP contribution in [0.2, 0.25) is 0 Å². The zero-order valence-electron chi connectivity index (χ0n) is 11.0. The van der Waals surface area contributed by atoms with E-state index in [0.29, 0.717) is 5.41 Å². The maximum Gasteiger partial charge on any atom is 0.0639 e. The summed E-state index contributed by atoms with van der Waals surface area (Å²) in [5.41, 5.74) is 1.74. The van der Waals surface area contributed by atoms with Crippen molar-refractivity contribution in [2.45, 2.75) is 52.9 Å². The van der Waals surface area contributed by atoms with Crippen LogP contribution in [-0.4, -0.2) is 11.7 Å². The summed E-state index contributed by atoms with van der Waals surface area (Å²) in [5.74, 6) is 2.92. The lowest BCUT2D eigenvalue weighted by atomic mass is 9.44. The maximum atomic E-state index is 8.97. The molecule has 0 spiro atoms. The second-order valence-electron chi connectivity index (χ2n) is 6.35. The predicted octanol–water partition coefficient (Wildman–Crippen LogP) is 3.78. The summed E-state index contributed by atoms with van der Waals surface area (Å²) in [7, 11) is 0. The van der Waals surface area contributed by atoms with Crippen LogP contribution in [0.1, 0.15) is 52.9 Å². The molecule has 92 valence electrons. The summed E-state index contributed by atoms with van der Waals surface area (Å²) >= 11 is 0. The maximum absolute atomic E-state index is 8.97. The molecule has 3 rings (SSSR count). The van der Waals surface area contributed by atoms with Gasteiger partial charge in [0.25, 0.3) is 0 Å². The van der Waals surface area contributed by atoms with Gasteiger partial charge in [0.05, 0.1) is 6.61 Å². The minimum atomic E-state index is 0.222. The zero-order valence-corrected chi connectivity index (χ0v) is 11.0. The number of rotatable bonds is 4. The lowest BCUT2D eigenvalue weighted by Gasteiger charge is -2.61. The van der Waals surface area contributed by atoms with Crippen molar-refractivity contribution < 1.29 is 5.11 Å². The third kappa shape index (κ3) is 1.95. The van der Waals surface area contributed by atoms with Gasteiger partial charge in [-0.2, -0.15) is 0 Å². The minimum Gasteiger partial charge on any atom is -0.392 e. The molecular weight excluding hydrogens is 196 g/mol. The molecule has 0 radical (unpaired) electrons. The largest absolute Gasteiger partial charge is 0.392 e. The van der Waals surface area contributed by atoms with Gasteiger partial charge in [0.15, 0.2) is 0 Å². The standard InChI is InChI=1S/C15H26O/c1-11(10-16)5-4-8-15(3)13-7-6-12(2)14(15)9-13/h5,12-14,16H,4,6-10H2,1-3H3/b11-5+/t12?,13-,14-,15+/m0/s1. The smallest absolute Gasteiger partial charge is 0.0639 e. The first-order valence-corrected chi connectivity index (χ1v) is 6.84. The fourth-order valence-electron chi connectivity index (χ4n) is 4.07. The van der Waals surface area contributed by atoms with E-state index >= 15 is 0 Å². The van der Waals surface area contributed by atoms with E-state index in [1.165, 1.54) is 25.7 Å².